The van der Waals surface area contributed by atoms with Crippen molar-refractivity contribution < 1.29 is 13.9 Å². The molecular formula is C16H20FNO2. The number of ether oxygens (including phenoxy) is 1. The number of halogens is 1. The van der Waals surface area contributed by atoms with Crippen LogP contribution < -0.4 is 0 Å². The van der Waals surface area contributed by atoms with Crippen LogP contribution in [0.15, 0.2) is 24.3 Å². The van der Waals surface area contributed by atoms with E-state index in [2.05, 4.69) is 0 Å². The molecule has 0 N–H and O–H groups in total. The smallest absolute Gasteiger partial charge is 0.225 e. The first kappa shape index (κ1) is 13.6. The summed E-state index contributed by atoms with van der Waals surface area (Å²) in [6.07, 6.45) is 4.26. The molecule has 1 atom stereocenters. The molecule has 1 amide bonds. The number of hydrogen-bond acceptors (Lipinski definition) is 2. The number of morpholine rings is 1. The third-order valence-corrected chi connectivity index (χ3v) is 4.32. The highest BCUT2D eigenvalue weighted by atomic mass is 19.1. The Labute approximate surface area is 118 Å². The molecule has 1 heterocycles. The Hall–Kier alpha value is -1.42. The molecule has 3 nitrogen and oxygen atoms in total. The molecule has 2 aliphatic rings. The van der Waals surface area contributed by atoms with E-state index in [-0.39, 0.29) is 23.7 Å². The van der Waals surface area contributed by atoms with Crippen LogP contribution in [-0.2, 0) is 9.53 Å². The van der Waals surface area contributed by atoms with Crippen molar-refractivity contribution in [2.75, 3.05) is 19.7 Å². The van der Waals surface area contributed by atoms with Crippen LogP contribution in [0.4, 0.5) is 4.39 Å². The summed E-state index contributed by atoms with van der Waals surface area (Å²) in [5.74, 6) is 0.239. The first-order valence-corrected chi connectivity index (χ1v) is 7.40. The standard InChI is InChI=1S/C16H20FNO2/c17-14-7-5-12(6-8-14)15-11-18(9-10-20-15)16(19)13-3-1-2-4-13/h5-8,13,15H,1-4,9-11H2/t15-/m0/s1. The van der Waals surface area contributed by atoms with Crippen LogP contribution in [0, 0.1) is 11.7 Å². The summed E-state index contributed by atoms with van der Waals surface area (Å²) >= 11 is 0. The lowest BCUT2D eigenvalue weighted by molar-refractivity contribution is -0.143. The summed E-state index contributed by atoms with van der Waals surface area (Å²) in [7, 11) is 0. The third-order valence-electron chi connectivity index (χ3n) is 4.32. The van der Waals surface area contributed by atoms with Crippen molar-refractivity contribution in [1.82, 2.24) is 4.90 Å². The van der Waals surface area contributed by atoms with Crippen molar-refractivity contribution in [3.63, 3.8) is 0 Å². The molecule has 1 saturated carbocycles. The molecule has 0 bridgehead atoms. The second-order valence-corrected chi connectivity index (χ2v) is 5.68. The van der Waals surface area contributed by atoms with E-state index in [1.54, 1.807) is 12.1 Å². The quantitative estimate of drug-likeness (QED) is 0.832. The van der Waals surface area contributed by atoms with Gasteiger partial charge in [-0.2, -0.15) is 0 Å². The van der Waals surface area contributed by atoms with E-state index in [0.717, 1.165) is 18.4 Å². The van der Waals surface area contributed by atoms with Gasteiger partial charge in [-0.05, 0) is 30.5 Å². The Morgan fingerprint density at radius 1 is 1.20 bits per heavy atom. The number of carbonyl (C=O) groups excluding carboxylic acids is 1. The summed E-state index contributed by atoms with van der Waals surface area (Å²) in [5.41, 5.74) is 0.940. The predicted molar refractivity (Wildman–Crippen MR) is 73.6 cm³/mol. The van der Waals surface area contributed by atoms with Crippen molar-refractivity contribution in [1.29, 1.82) is 0 Å². The van der Waals surface area contributed by atoms with Crippen LogP contribution in [0.5, 0.6) is 0 Å². The molecule has 0 spiro atoms. The summed E-state index contributed by atoms with van der Waals surface area (Å²) in [4.78, 5) is 14.4. The predicted octanol–water partition coefficient (Wildman–Crippen LogP) is 2.92. The van der Waals surface area contributed by atoms with Crippen molar-refractivity contribution in [2.45, 2.75) is 31.8 Å². The van der Waals surface area contributed by atoms with Gasteiger partial charge in [-0.1, -0.05) is 25.0 Å². The minimum atomic E-state index is -0.247. The maximum Gasteiger partial charge on any atom is 0.225 e. The Balaban J connectivity index is 1.66. The minimum absolute atomic E-state index is 0.130. The average Bonchev–Trinajstić information content (AvgIpc) is 3.01. The molecule has 0 radical (unpaired) electrons. The molecule has 1 aromatic carbocycles. The Morgan fingerprint density at radius 2 is 1.90 bits per heavy atom. The van der Waals surface area contributed by atoms with Gasteiger partial charge >= 0.3 is 0 Å². The maximum atomic E-state index is 13.0. The van der Waals surface area contributed by atoms with Crippen LogP contribution >= 0.6 is 0 Å². The SMILES string of the molecule is O=C(C1CCCC1)N1CCO[C@H](c2ccc(F)cc2)C1. The molecular weight excluding hydrogens is 257 g/mol. The van der Waals surface area contributed by atoms with E-state index in [9.17, 15) is 9.18 Å². The monoisotopic (exact) mass is 277 g/mol. The van der Waals surface area contributed by atoms with Gasteiger partial charge in [-0.3, -0.25) is 4.79 Å². The fourth-order valence-electron chi connectivity index (χ4n) is 3.16. The highest BCUT2D eigenvalue weighted by Crippen LogP contribution is 2.29. The lowest BCUT2D eigenvalue weighted by Crippen LogP contribution is -2.44. The number of hydrogen-bond donors (Lipinski definition) is 0. The highest BCUT2D eigenvalue weighted by molar-refractivity contribution is 5.79. The van der Waals surface area contributed by atoms with Crippen molar-refractivity contribution in [3.8, 4) is 0 Å². The first-order valence-electron chi connectivity index (χ1n) is 7.40. The van der Waals surface area contributed by atoms with Gasteiger partial charge in [0.25, 0.3) is 0 Å². The molecule has 20 heavy (non-hydrogen) atoms. The second kappa shape index (κ2) is 5.92. The van der Waals surface area contributed by atoms with Crippen LogP contribution in [0.25, 0.3) is 0 Å². The van der Waals surface area contributed by atoms with E-state index in [1.807, 2.05) is 4.90 Å². The summed E-state index contributed by atoms with van der Waals surface area (Å²) in [6.45, 7) is 1.81. The molecule has 108 valence electrons. The lowest BCUT2D eigenvalue weighted by atomic mass is 10.0. The van der Waals surface area contributed by atoms with Gasteiger partial charge in [0.05, 0.1) is 13.2 Å². The van der Waals surface area contributed by atoms with Crippen LogP contribution in [0.3, 0.4) is 0 Å². The largest absolute Gasteiger partial charge is 0.370 e. The molecule has 1 saturated heterocycles. The topological polar surface area (TPSA) is 29.5 Å². The maximum absolute atomic E-state index is 13.0. The molecule has 0 unspecified atom stereocenters. The van der Waals surface area contributed by atoms with Gasteiger partial charge in [-0.25, -0.2) is 4.39 Å². The number of carbonyl (C=O) groups is 1. The molecule has 1 aromatic rings. The van der Waals surface area contributed by atoms with E-state index < -0.39 is 0 Å². The first-order chi connectivity index (χ1) is 9.74. The Bertz CT molecular complexity index is 468. The lowest BCUT2D eigenvalue weighted by Gasteiger charge is -2.34. The van der Waals surface area contributed by atoms with Gasteiger partial charge in [0.15, 0.2) is 0 Å². The molecule has 0 aromatic heterocycles. The second-order valence-electron chi connectivity index (χ2n) is 5.68. The van der Waals surface area contributed by atoms with E-state index in [4.69, 9.17) is 4.74 Å². The number of rotatable bonds is 2. The highest BCUT2D eigenvalue weighted by Gasteiger charge is 2.31. The summed E-state index contributed by atoms with van der Waals surface area (Å²) in [6, 6.07) is 6.36. The zero-order chi connectivity index (χ0) is 13.9. The minimum Gasteiger partial charge on any atom is -0.370 e. The molecule has 3 rings (SSSR count). The van der Waals surface area contributed by atoms with Gasteiger partial charge in [-0.15, -0.1) is 0 Å². The van der Waals surface area contributed by atoms with Crippen LogP contribution in [0.1, 0.15) is 37.4 Å². The van der Waals surface area contributed by atoms with E-state index in [1.165, 1.54) is 25.0 Å². The molecule has 1 aliphatic carbocycles. The zero-order valence-electron chi connectivity index (χ0n) is 11.6. The van der Waals surface area contributed by atoms with Gasteiger partial charge in [0.2, 0.25) is 5.91 Å². The number of amides is 1. The molecule has 4 heteroatoms. The molecule has 2 fully saturated rings. The molecule has 1 aliphatic heterocycles. The fourth-order valence-corrected chi connectivity index (χ4v) is 3.16. The summed E-state index contributed by atoms with van der Waals surface area (Å²) in [5, 5.41) is 0. The van der Waals surface area contributed by atoms with Crippen LogP contribution in [0.2, 0.25) is 0 Å². The fraction of sp³-hybridized carbons (Fsp3) is 0.562. The van der Waals surface area contributed by atoms with Crippen molar-refractivity contribution >= 4 is 5.91 Å². The van der Waals surface area contributed by atoms with Crippen LogP contribution in [-0.4, -0.2) is 30.5 Å². The van der Waals surface area contributed by atoms with E-state index in [0.29, 0.717) is 19.7 Å². The van der Waals surface area contributed by atoms with Gasteiger partial charge < -0.3 is 9.64 Å². The average molecular weight is 277 g/mol. The number of benzene rings is 1. The van der Waals surface area contributed by atoms with E-state index >= 15 is 0 Å². The van der Waals surface area contributed by atoms with Gasteiger partial charge in [0, 0.05) is 12.5 Å². The Kier molecular flexibility index (Phi) is 4.01. The zero-order valence-corrected chi connectivity index (χ0v) is 11.6. The number of nitrogens with zero attached hydrogens (tertiary/aromatic N) is 1. The Morgan fingerprint density at radius 3 is 2.60 bits per heavy atom. The van der Waals surface area contributed by atoms with Gasteiger partial charge in [0.1, 0.15) is 11.9 Å². The third kappa shape index (κ3) is 2.85. The van der Waals surface area contributed by atoms with Crippen molar-refractivity contribution in [2.24, 2.45) is 5.92 Å². The normalized spacial score (nSPS) is 24.1. The van der Waals surface area contributed by atoms with Crippen molar-refractivity contribution in [3.05, 3.63) is 35.6 Å². The summed E-state index contributed by atoms with van der Waals surface area (Å²) < 4.78 is 18.7.